The SMILES string of the molecule is C#CC.C/C=C\C(CCNC(=O)C(C)(C)Oc1ccc(CCC(=O)O)cc1)=C(/C)F.CO. The number of aliphatic hydroxyl groups is 1. The highest BCUT2D eigenvalue weighted by molar-refractivity contribution is 5.84. The van der Waals surface area contributed by atoms with Crippen LogP contribution >= 0.6 is 0 Å². The molecule has 1 aromatic carbocycles. The lowest BCUT2D eigenvalue weighted by atomic mass is 10.1. The van der Waals surface area contributed by atoms with Crippen molar-refractivity contribution in [3.8, 4) is 18.1 Å². The monoisotopic (exact) mass is 449 g/mol. The molecule has 0 radical (unpaired) electrons. The molecule has 0 aromatic heterocycles. The van der Waals surface area contributed by atoms with E-state index in [1.54, 1.807) is 57.2 Å². The second kappa shape index (κ2) is 17.6. The van der Waals surface area contributed by atoms with Crippen LogP contribution in [-0.4, -0.2) is 41.3 Å². The number of benzene rings is 1. The van der Waals surface area contributed by atoms with E-state index in [-0.39, 0.29) is 18.2 Å². The molecule has 1 rings (SSSR count). The Morgan fingerprint density at radius 3 is 2.19 bits per heavy atom. The topological polar surface area (TPSA) is 95.9 Å². The lowest BCUT2D eigenvalue weighted by molar-refractivity contribution is -0.137. The number of carboxylic acid groups (broad SMARTS) is 1. The molecule has 0 bridgehead atoms. The number of carbonyl (C=O) groups excluding carboxylic acids is 1. The molecular formula is C25H36FNO5. The number of rotatable bonds is 10. The normalized spacial score (nSPS) is 11.1. The molecule has 7 heteroatoms. The lowest BCUT2D eigenvalue weighted by Gasteiger charge is -2.25. The number of ether oxygens (including phenoxy) is 1. The van der Waals surface area contributed by atoms with Gasteiger partial charge in [-0.15, -0.1) is 12.3 Å². The predicted octanol–water partition coefficient (Wildman–Crippen LogP) is 4.44. The first-order chi connectivity index (χ1) is 15.1. The summed E-state index contributed by atoms with van der Waals surface area (Å²) in [4.78, 5) is 23.0. The van der Waals surface area contributed by atoms with Gasteiger partial charge in [-0.1, -0.05) is 24.3 Å². The number of aryl methyl sites for hydroxylation is 1. The maximum Gasteiger partial charge on any atom is 0.303 e. The van der Waals surface area contributed by atoms with E-state index in [9.17, 15) is 14.0 Å². The number of halogens is 1. The molecule has 0 atom stereocenters. The largest absolute Gasteiger partial charge is 0.481 e. The summed E-state index contributed by atoms with van der Waals surface area (Å²) in [6.45, 7) is 8.48. The van der Waals surface area contributed by atoms with E-state index < -0.39 is 11.6 Å². The molecule has 0 unspecified atom stereocenters. The van der Waals surface area contributed by atoms with E-state index in [2.05, 4.69) is 17.7 Å². The zero-order valence-corrected chi connectivity index (χ0v) is 19.9. The van der Waals surface area contributed by atoms with Crippen LogP contribution in [0.25, 0.3) is 0 Å². The highest BCUT2D eigenvalue weighted by Gasteiger charge is 2.29. The van der Waals surface area contributed by atoms with Gasteiger partial charge in [-0.2, -0.15) is 0 Å². The van der Waals surface area contributed by atoms with Crippen LogP contribution in [0.2, 0.25) is 0 Å². The van der Waals surface area contributed by atoms with E-state index in [0.717, 1.165) is 12.7 Å². The zero-order valence-electron chi connectivity index (χ0n) is 19.9. The minimum Gasteiger partial charge on any atom is -0.481 e. The summed E-state index contributed by atoms with van der Waals surface area (Å²) in [5, 5.41) is 18.5. The van der Waals surface area contributed by atoms with Gasteiger partial charge in [0.15, 0.2) is 5.60 Å². The third-order valence-electron chi connectivity index (χ3n) is 3.96. The van der Waals surface area contributed by atoms with Gasteiger partial charge in [-0.25, -0.2) is 4.39 Å². The van der Waals surface area contributed by atoms with Crippen LogP contribution < -0.4 is 10.1 Å². The summed E-state index contributed by atoms with van der Waals surface area (Å²) >= 11 is 0. The Bertz CT molecular complexity index is 786. The Morgan fingerprint density at radius 1 is 1.22 bits per heavy atom. The molecule has 0 aliphatic carbocycles. The summed E-state index contributed by atoms with van der Waals surface area (Å²) < 4.78 is 19.2. The fourth-order valence-corrected chi connectivity index (χ4v) is 2.41. The molecule has 6 nitrogen and oxygen atoms in total. The highest BCUT2D eigenvalue weighted by Crippen LogP contribution is 2.20. The van der Waals surface area contributed by atoms with Gasteiger partial charge in [-0.05, 0) is 70.7 Å². The molecule has 0 saturated carbocycles. The van der Waals surface area contributed by atoms with E-state index in [4.69, 9.17) is 14.9 Å². The van der Waals surface area contributed by atoms with Crippen LogP contribution in [0.5, 0.6) is 5.75 Å². The Morgan fingerprint density at radius 2 is 1.75 bits per heavy atom. The number of aliphatic carboxylic acids is 1. The first-order valence-electron chi connectivity index (χ1n) is 10.1. The highest BCUT2D eigenvalue weighted by atomic mass is 19.1. The van der Waals surface area contributed by atoms with Crippen molar-refractivity contribution in [2.75, 3.05) is 13.7 Å². The van der Waals surface area contributed by atoms with E-state index in [1.807, 2.05) is 6.92 Å². The molecule has 1 amide bonds. The Hall–Kier alpha value is -3.11. The minimum absolute atomic E-state index is 0.0656. The molecule has 32 heavy (non-hydrogen) atoms. The van der Waals surface area contributed by atoms with Gasteiger partial charge in [0, 0.05) is 20.1 Å². The van der Waals surface area contributed by atoms with Crippen molar-refractivity contribution in [1.82, 2.24) is 5.32 Å². The fourth-order valence-electron chi connectivity index (χ4n) is 2.41. The number of aliphatic hydroxyl groups excluding tert-OH is 1. The lowest BCUT2D eigenvalue weighted by Crippen LogP contribution is -2.46. The molecule has 1 aromatic rings. The van der Waals surface area contributed by atoms with Crippen LogP contribution in [0.3, 0.4) is 0 Å². The van der Waals surface area contributed by atoms with E-state index >= 15 is 0 Å². The van der Waals surface area contributed by atoms with Gasteiger partial charge < -0.3 is 20.3 Å². The minimum atomic E-state index is -1.10. The average Bonchev–Trinajstić information content (AvgIpc) is 2.74. The summed E-state index contributed by atoms with van der Waals surface area (Å²) in [6, 6.07) is 6.99. The van der Waals surface area contributed by atoms with Gasteiger partial charge in [0.1, 0.15) is 11.6 Å². The van der Waals surface area contributed by atoms with Crippen molar-refractivity contribution < 1.29 is 28.9 Å². The van der Waals surface area contributed by atoms with Crippen molar-refractivity contribution >= 4 is 11.9 Å². The number of amides is 1. The zero-order chi connectivity index (χ0) is 25.2. The quantitative estimate of drug-likeness (QED) is 0.363. The van der Waals surface area contributed by atoms with Gasteiger partial charge in [-0.3, -0.25) is 9.59 Å². The molecule has 0 fully saturated rings. The molecule has 178 valence electrons. The summed E-state index contributed by atoms with van der Waals surface area (Å²) in [6.07, 6.45) is 8.95. The summed E-state index contributed by atoms with van der Waals surface area (Å²) in [5.41, 5.74) is 0.336. The fraction of sp³-hybridized carbons (Fsp3) is 0.440. The molecule has 0 aliphatic rings. The van der Waals surface area contributed by atoms with Gasteiger partial charge >= 0.3 is 5.97 Å². The van der Waals surface area contributed by atoms with E-state index in [1.165, 1.54) is 6.92 Å². The number of carboxylic acids is 1. The van der Waals surface area contributed by atoms with E-state index in [0.29, 0.717) is 30.7 Å². The first-order valence-corrected chi connectivity index (χ1v) is 10.1. The second-order valence-corrected chi connectivity index (χ2v) is 7.00. The number of hydrogen-bond acceptors (Lipinski definition) is 4. The van der Waals surface area contributed by atoms with Crippen LogP contribution in [0.15, 0.2) is 47.8 Å². The van der Waals surface area contributed by atoms with Gasteiger partial charge in [0.05, 0.1) is 0 Å². The average molecular weight is 450 g/mol. The predicted molar refractivity (Wildman–Crippen MR) is 126 cm³/mol. The number of allylic oxidation sites excluding steroid dienone is 3. The van der Waals surface area contributed by atoms with Crippen LogP contribution in [0, 0.1) is 12.3 Å². The maximum absolute atomic E-state index is 13.4. The number of carbonyl (C=O) groups is 2. The van der Waals surface area contributed by atoms with Crippen molar-refractivity contribution in [2.45, 2.75) is 59.5 Å². The number of terminal acetylenes is 1. The molecular weight excluding hydrogens is 413 g/mol. The van der Waals surface area contributed by atoms with Gasteiger partial charge in [0.2, 0.25) is 0 Å². The van der Waals surface area contributed by atoms with Crippen molar-refractivity contribution in [3.05, 3.63) is 53.4 Å². The molecule has 0 aliphatic heterocycles. The Labute approximate surface area is 191 Å². The summed E-state index contributed by atoms with van der Waals surface area (Å²) in [7, 11) is 1.00. The molecule has 0 spiro atoms. The van der Waals surface area contributed by atoms with Crippen molar-refractivity contribution in [3.63, 3.8) is 0 Å². The summed E-state index contributed by atoms with van der Waals surface area (Å²) in [5.74, 6) is 1.36. The standard InChI is InChI=1S/C21H28FNO4.C3H4.CH4O/c1-5-6-17(15(2)22)13-14-23-20(26)21(3,4)27-18-10-7-16(8-11-18)9-12-19(24)25;1-3-2;1-2/h5-8,10-11H,9,12-14H2,1-4H3,(H,23,26)(H,24,25);1H,2H3;2H,1H3/b6-5-,17-15-;;. The number of hydrogen-bond donors (Lipinski definition) is 3. The third kappa shape index (κ3) is 14.0. The van der Waals surface area contributed by atoms with Crippen LogP contribution in [-0.2, 0) is 16.0 Å². The Balaban J connectivity index is 0. The van der Waals surface area contributed by atoms with Crippen molar-refractivity contribution in [1.29, 1.82) is 0 Å². The maximum atomic E-state index is 13.4. The number of nitrogens with one attached hydrogen (secondary N) is 1. The Kier molecular flexibility index (Phi) is 17.1. The molecule has 3 N–H and O–H groups in total. The van der Waals surface area contributed by atoms with Crippen LogP contribution in [0.4, 0.5) is 4.39 Å². The second-order valence-electron chi connectivity index (χ2n) is 7.00. The molecule has 0 saturated heterocycles. The van der Waals surface area contributed by atoms with Crippen molar-refractivity contribution in [2.24, 2.45) is 0 Å². The van der Waals surface area contributed by atoms with Gasteiger partial charge in [0.25, 0.3) is 5.91 Å². The first kappa shape index (κ1) is 31.1. The third-order valence-corrected chi connectivity index (χ3v) is 3.96. The molecule has 0 heterocycles. The smallest absolute Gasteiger partial charge is 0.303 e. The van der Waals surface area contributed by atoms with Crippen LogP contribution in [0.1, 0.15) is 53.0 Å².